The first kappa shape index (κ1) is 39.3. The SMILES string of the molecule is C=CC(=O)OCCCCCCCCCCCOC(C)CC1(C#N)CCCC(c2ccc(-c3ccc(OC(CCC)CCC)cc3)cc2)C1. The fraction of sp³-hybridized carbons (Fsp3) is 0.628. The van der Waals surface area contributed by atoms with Gasteiger partial charge in [-0.15, -0.1) is 0 Å². The first-order valence-corrected chi connectivity index (χ1v) is 19.1. The number of unbranched alkanes of at least 4 members (excludes halogenated alkanes) is 8. The summed E-state index contributed by atoms with van der Waals surface area (Å²) in [6, 6.07) is 20.3. The molecule has 3 atom stereocenters. The number of benzene rings is 2. The maximum absolute atomic E-state index is 11.0. The van der Waals surface area contributed by atoms with Crippen LogP contribution in [0.2, 0.25) is 0 Å². The molecule has 1 saturated carbocycles. The minimum atomic E-state index is -0.329. The van der Waals surface area contributed by atoms with Gasteiger partial charge in [-0.3, -0.25) is 0 Å². The highest BCUT2D eigenvalue weighted by atomic mass is 16.5. The molecule has 0 amide bonds. The summed E-state index contributed by atoms with van der Waals surface area (Å²) in [4.78, 5) is 11.0. The molecule has 0 bridgehead atoms. The molecule has 0 aromatic heterocycles. The van der Waals surface area contributed by atoms with Gasteiger partial charge in [-0.05, 0) is 93.0 Å². The van der Waals surface area contributed by atoms with E-state index in [4.69, 9.17) is 14.2 Å². The van der Waals surface area contributed by atoms with Crippen molar-refractivity contribution in [3.05, 3.63) is 66.7 Å². The van der Waals surface area contributed by atoms with Crippen LogP contribution in [0.15, 0.2) is 61.2 Å². The summed E-state index contributed by atoms with van der Waals surface area (Å²) in [5.41, 5.74) is 3.46. The van der Waals surface area contributed by atoms with Crippen molar-refractivity contribution in [2.45, 2.75) is 154 Å². The minimum absolute atomic E-state index is 0.0997. The van der Waals surface area contributed by atoms with Crippen LogP contribution in [0.5, 0.6) is 5.75 Å². The monoisotopic (exact) mass is 657 g/mol. The van der Waals surface area contributed by atoms with E-state index in [-0.39, 0.29) is 17.5 Å². The van der Waals surface area contributed by atoms with Crippen LogP contribution >= 0.6 is 0 Å². The number of nitriles is 1. The van der Waals surface area contributed by atoms with Crippen LogP contribution in [0.25, 0.3) is 11.1 Å². The molecule has 2 aromatic rings. The number of hydrogen-bond donors (Lipinski definition) is 0. The van der Waals surface area contributed by atoms with Crippen LogP contribution in [-0.4, -0.2) is 31.4 Å². The topological polar surface area (TPSA) is 68.5 Å². The van der Waals surface area contributed by atoms with Crippen molar-refractivity contribution < 1.29 is 19.0 Å². The maximum Gasteiger partial charge on any atom is 0.330 e. The molecule has 2 aromatic carbocycles. The highest BCUT2D eigenvalue weighted by Crippen LogP contribution is 2.47. The zero-order valence-electron chi connectivity index (χ0n) is 30.4. The fourth-order valence-electron chi connectivity index (χ4n) is 7.32. The molecule has 3 unspecified atom stereocenters. The molecule has 5 nitrogen and oxygen atoms in total. The summed E-state index contributed by atoms with van der Waals surface area (Å²) in [6.45, 7) is 11.3. The molecule has 1 fully saturated rings. The molecule has 1 aliphatic rings. The van der Waals surface area contributed by atoms with Gasteiger partial charge in [-0.25, -0.2) is 4.79 Å². The van der Waals surface area contributed by atoms with E-state index in [0.717, 1.165) is 89.4 Å². The molecule has 3 rings (SSSR count). The second-order valence-electron chi connectivity index (χ2n) is 14.1. The maximum atomic E-state index is 11.0. The van der Waals surface area contributed by atoms with Gasteiger partial charge in [-0.2, -0.15) is 5.26 Å². The van der Waals surface area contributed by atoms with Crippen LogP contribution in [0.3, 0.4) is 0 Å². The number of hydrogen-bond acceptors (Lipinski definition) is 5. The van der Waals surface area contributed by atoms with Crippen molar-refractivity contribution in [1.82, 2.24) is 0 Å². The average molecular weight is 658 g/mol. The van der Waals surface area contributed by atoms with Crippen LogP contribution in [-0.2, 0) is 14.3 Å². The fourth-order valence-corrected chi connectivity index (χ4v) is 7.32. The van der Waals surface area contributed by atoms with Gasteiger partial charge in [0.1, 0.15) is 5.75 Å². The Morgan fingerprint density at radius 2 is 1.46 bits per heavy atom. The van der Waals surface area contributed by atoms with E-state index in [1.807, 2.05) is 0 Å². The third-order valence-electron chi connectivity index (χ3n) is 9.96. The van der Waals surface area contributed by atoms with Crippen LogP contribution in [0.4, 0.5) is 0 Å². The number of nitrogens with zero attached hydrogens (tertiary/aromatic N) is 1. The number of ether oxygens (including phenoxy) is 3. The summed E-state index contributed by atoms with van der Waals surface area (Å²) >= 11 is 0. The second kappa shape index (κ2) is 22.5. The molecule has 1 aliphatic carbocycles. The third kappa shape index (κ3) is 14.2. The van der Waals surface area contributed by atoms with Gasteiger partial charge >= 0.3 is 5.97 Å². The van der Waals surface area contributed by atoms with Gasteiger partial charge in [0.15, 0.2) is 0 Å². The standard InChI is InChI=1S/C43H63NO4/c1-5-18-40(19-6-2)48-41-27-25-37(26-28-41)36-21-23-38(24-22-36)39-20-17-29-43(33-39,34-44)32-35(4)46-30-15-13-11-9-8-10-12-14-16-31-47-42(45)7-3/h7,21-28,35,39-40H,3,5-6,8-20,29-33H2,1-2,4H3. The summed E-state index contributed by atoms with van der Waals surface area (Å²) in [6.07, 6.45) is 21.6. The Balaban J connectivity index is 1.35. The number of carbonyl (C=O) groups is 1. The quantitative estimate of drug-likeness (QED) is 0.0638. The predicted molar refractivity (Wildman–Crippen MR) is 198 cm³/mol. The van der Waals surface area contributed by atoms with Crippen LogP contribution in [0.1, 0.15) is 148 Å². The Kier molecular flexibility index (Phi) is 18.5. The van der Waals surface area contributed by atoms with Gasteiger partial charge in [-0.1, -0.05) is 121 Å². The molecule has 0 spiro atoms. The number of rotatable bonds is 24. The largest absolute Gasteiger partial charge is 0.490 e. The Hall–Kier alpha value is -3.10. The van der Waals surface area contributed by atoms with Crippen molar-refractivity contribution in [3.63, 3.8) is 0 Å². The Morgan fingerprint density at radius 1 is 0.896 bits per heavy atom. The normalized spacial score (nSPS) is 18.3. The lowest BCUT2D eigenvalue weighted by Gasteiger charge is -2.37. The molecule has 48 heavy (non-hydrogen) atoms. The number of esters is 1. The lowest BCUT2D eigenvalue weighted by atomic mass is 9.66. The third-order valence-corrected chi connectivity index (χ3v) is 9.96. The van der Waals surface area contributed by atoms with E-state index in [1.54, 1.807) is 0 Å². The molecule has 0 radical (unpaired) electrons. The van der Waals surface area contributed by atoms with Crippen molar-refractivity contribution in [2.75, 3.05) is 13.2 Å². The molecule has 264 valence electrons. The average Bonchev–Trinajstić information content (AvgIpc) is 3.11. The summed E-state index contributed by atoms with van der Waals surface area (Å²) < 4.78 is 17.5. The second-order valence-corrected chi connectivity index (χ2v) is 14.1. The van der Waals surface area contributed by atoms with Gasteiger partial charge < -0.3 is 14.2 Å². The van der Waals surface area contributed by atoms with Crippen molar-refractivity contribution in [3.8, 4) is 22.9 Å². The molecule has 5 heteroatoms. The van der Waals surface area contributed by atoms with Gasteiger partial charge in [0.2, 0.25) is 0 Å². The van der Waals surface area contributed by atoms with E-state index in [0.29, 0.717) is 18.6 Å². The van der Waals surface area contributed by atoms with Crippen LogP contribution < -0.4 is 4.74 Å². The Morgan fingerprint density at radius 3 is 2.02 bits per heavy atom. The minimum Gasteiger partial charge on any atom is -0.490 e. The molecule has 0 N–H and O–H groups in total. The summed E-state index contributed by atoms with van der Waals surface area (Å²) in [5.74, 6) is 1.04. The number of carbonyl (C=O) groups excluding carboxylic acids is 1. The molecular formula is C43H63NO4. The zero-order chi connectivity index (χ0) is 34.5. The molecular weight excluding hydrogens is 594 g/mol. The first-order valence-electron chi connectivity index (χ1n) is 19.1. The summed E-state index contributed by atoms with van der Waals surface area (Å²) in [7, 11) is 0. The highest BCUT2D eigenvalue weighted by molar-refractivity contribution is 5.81. The Labute approximate surface area is 292 Å². The van der Waals surface area contributed by atoms with Crippen molar-refractivity contribution in [1.29, 1.82) is 5.26 Å². The highest BCUT2D eigenvalue weighted by Gasteiger charge is 2.38. The summed E-state index contributed by atoms with van der Waals surface area (Å²) in [5, 5.41) is 10.4. The van der Waals surface area contributed by atoms with Gasteiger partial charge in [0.25, 0.3) is 0 Å². The van der Waals surface area contributed by atoms with E-state index < -0.39 is 0 Å². The predicted octanol–water partition coefficient (Wildman–Crippen LogP) is 11.9. The van der Waals surface area contributed by atoms with E-state index in [1.165, 1.54) is 61.3 Å². The lowest BCUT2D eigenvalue weighted by molar-refractivity contribution is -0.137. The molecule has 0 aliphatic heterocycles. The van der Waals surface area contributed by atoms with Gasteiger partial charge in [0, 0.05) is 12.7 Å². The zero-order valence-corrected chi connectivity index (χ0v) is 30.4. The van der Waals surface area contributed by atoms with E-state index in [2.05, 4.69) is 82.0 Å². The van der Waals surface area contributed by atoms with Gasteiger partial charge in [0.05, 0.1) is 30.3 Å². The van der Waals surface area contributed by atoms with Crippen molar-refractivity contribution >= 4 is 5.97 Å². The Bertz CT molecular complexity index is 1210. The van der Waals surface area contributed by atoms with Crippen LogP contribution in [0, 0.1) is 16.7 Å². The van der Waals surface area contributed by atoms with E-state index >= 15 is 0 Å². The van der Waals surface area contributed by atoms with Crippen molar-refractivity contribution in [2.24, 2.45) is 5.41 Å². The lowest BCUT2D eigenvalue weighted by Crippen LogP contribution is -2.31. The smallest absolute Gasteiger partial charge is 0.330 e. The molecule has 0 saturated heterocycles. The molecule has 0 heterocycles. The first-order chi connectivity index (χ1) is 23.4. The van der Waals surface area contributed by atoms with E-state index in [9.17, 15) is 10.1 Å².